The zero-order valence-corrected chi connectivity index (χ0v) is 12.9. The van der Waals surface area contributed by atoms with Gasteiger partial charge in [0, 0.05) is 18.6 Å². The second kappa shape index (κ2) is 5.81. The molecule has 3 rings (SSSR count). The lowest BCUT2D eigenvalue weighted by Gasteiger charge is -2.19. The summed E-state index contributed by atoms with van der Waals surface area (Å²) in [6.07, 6.45) is 4.06. The second-order valence-electron chi connectivity index (χ2n) is 5.28. The molecule has 21 heavy (non-hydrogen) atoms. The molecule has 0 radical (unpaired) electrons. The minimum Gasteiger partial charge on any atom is -0.365 e. The number of thiazole rings is 1. The molecule has 1 fully saturated rings. The minimum atomic E-state index is -0.130. The van der Waals surface area contributed by atoms with E-state index in [1.54, 1.807) is 18.6 Å². The highest BCUT2D eigenvalue weighted by Crippen LogP contribution is 2.41. The standard InChI is InChI=1S/C15H18N4OS/c1-9-4-3-7-17-12(9)13(10-5-6-10)19-14(20)11-8-21-15(16-2)18-11/h3-4,7-8,10,13H,5-6H2,1-2H3,(H,16,18)(H,19,20)/t13-/m0/s1. The van der Waals surface area contributed by atoms with Crippen molar-refractivity contribution in [3.63, 3.8) is 0 Å². The number of nitrogens with one attached hydrogen (secondary N) is 2. The first-order valence-corrected chi connectivity index (χ1v) is 7.92. The molecule has 0 spiro atoms. The molecule has 0 unspecified atom stereocenters. The third kappa shape index (κ3) is 3.05. The van der Waals surface area contributed by atoms with Crippen LogP contribution in [0.1, 0.15) is 40.6 Å². The van der Waals surface area contributed by atoms with Crippen molar-refractivity contribution in [2.75, 3.05) is 12.4 Å². The van der Waals surface area contributed by atoms with Gasteiger partial charge in [0.15, 0.2) is 5.13 Å². The predicted molar refractivity (Wildman–Crippen MR) is 83.6 cm³/mol. The van der Waals surface area contributed by atoms with Crippen molar-refractivity contribution in [2.24, 2.45) is 5.92 Å². The first-order valence-electron chi connectivity index (χ1n) is 7.04. The summed E-state index contributed by atoms with van der Waals surface area (Å²) in [7, 11) is 1.80. The SMILES string of the molecule is CNc1nc(C(=O)N[C@H](c2ncccc2C)C2CC2)cs1. The number of rotatable bonds is 5. The topological polar surface area (TPSA) is 66.9 Å². The van der Waals surface area contributed by atoms with Gasteiger partial charge in [0.05, 0.1) is 11.7 Å². The summed E-state index contributed by atoms with van der Waals surface area (Å²) >= 11 is 1.43. The van der Waals surface area contributed by atoms with E-state index in [0.717, 1.165) is 29.2 Å². The van der Waals surface area contributed by atoms with Crippen LogP contribution < -0.4 is 10.6 Å². The third-order valence-corrected chi connectivity index (χ3v) is 4.54. The summed E-state index contributed by atoms with van der Waals surface area (Å²) in [5, 5.41) is 8.57. The fraction of sp³-hybridized carbons (Fsp3) is 0.400. The highest BCUT2D eigenvalue weighted by Gasteiger charge is 2.35. The molecule has 0 bridgehead atoms. The Morgan fingerprint density at radius 3 is 2.90 bits per heavy atom. The first kappa shape index (κ1) is 14.0. The maximum absolute atomic E-state index is 12.4. The molecule has 1 aliphatic rings. The number of hydrogen-bond donors (Lipinski definition) is 2. The number of pyridine rings is 1. The number of hydrogen-bond acceptors (Lipinski definition) is 5. The van der Waals surface area contributed by atoms with Crippen molar-refractivity contribution in [1.82, 2.24) is 15.3 Å². The Hall–Kier alpha value is -1.95. The molecule has 1 aliphatic carbocycles. The Balaban J connectivity index is 1.79. The molecular formula is C15H18N4OS. The van der Waals surface area contributed by atoms with Gasteiger partial charge in [-0.05, 0) is 37.3 Å². The molecule has 0 aromatic carbocycles. The molecule has 0 saturated heterocycles. The lowest BCUT2D eigenvalue weighted by molar-refractivity contribution is 0.0926. The van der Waals surface area contributed by atoms with Crippen LogP contribution in [0, 0.1) is 12.8 Å². The van der Waals surface area contributed by atoms with Crippen LogP contribution in [0.3, 0.4) is 0 Å². The maximum atomic E-state index is 12.4. The van der Waals surface area contributed by atoms with Crippen LogP contribution in [0.15, 0.2) is 23.7 Å². The van der Waals surface area contributed by atoms with E-state index in [2.05, 4.69) is 20.6 Å². The molecule has 0 aliphatic heterocycles. The molecule has 1 saturated carbocycles. The predicted octanol–water partition coefficient (Wildman–Crippen LogP) is 2.77. The average molecular weight is 302 g/mol. The van der Waals surface area contributed by atoms with Crippen molar-refractivity contribution in [2.45, 2.75) is 25.8 Å². The van der Waals surface area contributed by atoms with Crippen LogP contribution in [0.5, 0.6) is 0 Å². The maximum Gasteiger partial charge on any atom is 0.271 e. The summed E-state index contributed by atoms with van der Waals surface area (Å²) in [5.41, 5.74) is 2.55. The quantitative estimate of drug-likeness (QED) is 0.891. The van der Waals surface area contributed by atoms with E-state index in [1.165, 1.54) is 11.3 Å². The largest absolute Gasteiger partial charge is 0.365 e. The summed E-state index contributed by atoms with van der Waals surface area (Å²) < 4.78 is 0. The zero-order valence-electron chi connectivity index (χ0n) is 12.1. The van der Waals surface area contributed by atoms with Gasteiger partial charge in [-0.25, -0.2) is 4.98 Å². The van der Waals surface area contributed by atoms with Gasteiger partial charge in [0.25, 0.3) is 5.91 Å². The Morgan fingerprint density at radius 1 is 1.48 bits per heavy atom. The van der Waals surface area contributed by atoms with Crippen LogP contribution in [-0.2, 0) is 0 Å². The van der Waals surface area contributed by atoms with Crippen LogP contribution in [0.25, 0.3) is 0 Å². The molecule has 1 amide bonds. The molecule has 2 aromatic heterocycles. The average Bonchev–Trinajstić information content (AvgIpc) is 3.22. The molecule has 2 N–H and O–H groups in total. The number of carbonyl (C=O) groups is 1. The molecular weight excluding hydrogens is 284 g/mol. The number of aryl methyl sites for hydroxylation is 1. The van der Waals surface area contributed by atoms with Crippen molar-refractivity contribution < 1.29 is 4.79 Å². The number of carbonyl (C=O) groups excluding carboxylic acids is 1. The van der Waals surface area contributed by atoms with Gasteiger partial charge in [-0.15, -0.1) is 11.3 Å². The Kier molecular flexibility index (Phi) is 3.88. The molecule has 2 aromatic rings. The van der Waals surface area contributed by atoms with Crippen molar-refractivity contribution in [3.05, 3.63) is 40.7 Å². The number of amides is 1. The Morgan fingerprint density at radius 2 is 2.29 bits per heavy atom. The van der Waals surface area contributed by atoms with Crippen LogP contribution in [0.4, 0.5) is 5.13 Å². The van der Waals surface area contributed by atoms with Gasteiger partial charge in [-0.1, -0.05) is 6.07 Å². The molecule has 110 valence electrons. The first-order chi connectivity index (χ1) is 10.2. The van der Waals surface area contributed by atoms with E-state index in [0.29, 0.717) is 11.6 Å². The van der Waals surface area contributed by atoms with Gasteiger partial charge in [-0.3, -0.25) is 9.78 Å². The Labute approximate surface area is 127 Å². The molecule has 1 atom stereocenters. The fourth-order valence-corrected chi connectivity index (χ4v) is 3.02. The second-order valence-corrected chi connectivity index (χ2v) is 6.14. The van der Waals surface area contributed by atoms with Crippen molar-refractivity contribution in [3.8, 4) is 0 Å². The molecule has 5 nitrogen and oxygen atoms in total. The van der Waals surface area contributed by atoms with Gasteiger partial charge < -0.3 is 10.6 Å². The van der Waals surface area contributed by atoms with Gasteiger partial charge in [0.1, 0.15) is 5.69 Å². The van der Waals surface area contributed by atoms with Crippen molar-refractivity contribution >= 4 is 22.4 Å². The Bertz CT molecular complexity index is 651. The van der Waals surface area contributed by atoms with Crippen LogP contribution >= 0.6 is 11.3 Å². The van der Waals surface area contributed by atoms with Crippen LogP contribution in [0.2, 0.25) is 0 Å². The fourth-order valence-electron chi connectivity index (χ4n) is 2.37. The van der Waals surface area contributed by atoms with E-state index < -0.39 is 0 Å². The number of anilines is 1. The number of aromatic nitrogens is 2. The number of nitrogens with zero attached hydrogens (tertiary/aromatic N) is 2. The molecule has 6 heteroatoms. The highest BCUT2D eigenvalue weighted by atomic mass is 32.1. The summed E-state index contributed by atoms with van der Waals surface area (Å²) in [4.78, 5) is 21.1. The summed E-state index contributed by atoms with van der Waals surface area (Å²) in [6, 6.07) is 3.94. The van der Waals surface area contributed by atoms with E-state index in [4.69, 9.17) is 0 Å². The van der Waals surface area contributed by atoms with Gasteiger partial charge in [-0.2, -0.15) is 0 Å². The van der Waals surface area contributed by atoms with Gasteiger partial charge in [0.2, 0.25) is 0 Å². The highest BCUT2D eigenvalue weighted by molar-refractivity contribution is 7.13. The van der Waals surface area contributed by atoms with E-state index in [1.807, 2.05) is 19.1 Å². The lowest BCUT2D eigenvalue weighted by atomic mass is 10.0. The van der Waals surface area contributed by atoms with E-state index >= 15 is 0 Å². The summed E-state index contributed by atoms with van der Waals surface area (Å²) in [5.74, 6) is 0.361. The minimum absolute atomic E-state index is 0.0153. The monoisotopic (exact) mass is 302 g/mol. The van der Waals surface area contributed by atoms with E-state index in [9.17, 15) is 4.79 Å². The van der Waals surface area contributed by atoms with Crippen molar-refractivity contribution in [1.29, 1.82) is 0 Å². The zero-order chi connectivity index (χ0) is 14.8. The third-order valence-electron chi connectivity index (χ3n) is 3.68. The smallest absolute Gasteiger partial charge is 0.271 e. The van der Waals surface area contributed by atoms with Crippen LogP contribution in [-0.4, -0.2) is 22.9 Å². The molecule has 2 heterocycles. The normalized spacial score (nSPS) is 15.5. The summed E-state index contributed by atoms with van der Waals surface area (Å²) in [6.45, 7) is 2.03. The van der Waals surface area contributed by atoms with E-state index in [-0.39, 0.29) is 11.9 Å². The van der Waals surface area contributed by atoms with Gasteiger partial charge >= 0.3 is 0 Å². The lowest BCUT2D eigenvalue weighted by Crippen LogP contribution is -2.31.